The monoisotopic (exact) mass is 184 g/mol. The fraction of sp³-hybridized carbons (Fsp3) is 0.800. The molecule has 1 aliphatic rings. The Labute approximate surface area is 80.0 Å². The summed E-state index contributed by atoms with van der Waals surface area (Å²) in [5.74, 6) is 0. The van der Waals surface area contributed by atoms with Gasteiger partial charge in [0, 0.05) is 17.8 Å². The number of aliphatic hydroxyl groups excluding tert-OH is 1. The number of hydrogen-bond acceptors (Lipinski definition) is 3. The second kappa shape index (κ2) is 4.63. The molecule has 3 heteroatoms. The molecule has 0 aliphatic heterocycles. The molecule has 0 saturated heterocycles. The Morgan fingerprint density at radius 2 is 2.31 bits per heavy atom. The number of rotatable bonds is 6. The Morgan fingerprint density at radius 1 is 1.69 bits per heavy atom. The van der Waals surface area contributed by atoms with E-state index >= 15 is 0 Å². The van der Waals surface area contributed by atoms with Crippen LogP contribution in [0.2, 0.25) is 0 Å². The Hall–Kier alpha value is -0.540. The molecule has 0 aromatic carbocycles. The summed E-state index contributed by atoms with van der Waals surface area (Å²) in [6.07, 6.45) is 3.62. The topological polar surface area (TPSA) is 58.3 Å². The van der Waals surface area contributed by atoms with Gasteiger partial charge in [-0.1, -0.05) is 19.9 Å². The van der Waals surface area contributed by atoms with Crippen LogP contribution >= 0.6 is 0 Å². The predicted molar refractivity (Wildman–Crippen MR) is 54.2 cm³/mol. The summed E-state index contributed by atoms with van der Waals surface area (Å²) in [5, 5.41) is 12.9. The van der Waals surface area contributed by atoms with Gasteiger partial charge in [-0.15, -0.1) is 0 Å². The van der Waals surface area contributed by atoms with Gasteiger partial charge in [0.2, 0.25) is 0 Å². The number of nitrogens with one attached hydrogen (secondary N) is 1. The van der Waals surface area contributed by atoms with Crippen molar-refractivity contribution >= 4 is 0 Å². The molecule has 1 rings (SSSR count). The summed E-state index contributed by atoms with van der Waals surface area (Å²) in [6.45, 7) is 5.86. The summed E-state index contributed by atoms with van der Waals surface area (Å²) < 4.78 is 0. The first-order chi connectivity index (χ1) is 6.15. The van der Waals surface area contributed by atoms with Crippen LogP contribution < -0.4 is 11.1 Å². The molecule has 0 amide bonds. The van der Waals surface area contributed by atoms with E-state index in [1.54, 1.807) is 0 Å². The van der Waals surface area contributed by atoms with Gasteiger partial charge in [-0.25, -0.2) is 0 Å². The van der Waals surface area contributed by atoms with Gasteiger partial charge in [-0.3, -0.25) is 0 Å². The largest absolute Gasteiger partial charge is 0.385 e. The lowest BCUT2D eigenvalue weighted by atomic mass is 10.0. The van der Waals surface area contributed by atoms with Gasteiger partial charge in [0.25, 0.3) is 0 Å². The van der Waals surface area contributed by atoms with Crippen molar-refractivity contribution in [2.45, 2.75) is 50.8 Å². The maximum absolute atomic E-state index is 9.71. The van der Waals surface area contributed by atoms with Crippen molar-refractivity contribution in [2.75, 3.05) is 0 Å². The van der Waals surface area contributed by atoms with Crippen LogP contribution in [0.3, 0.4) is 0 Å². The maximum Gasteiger partial charge on any atom is 0.108 e. The standard InChI is InChI=1S/C10H20N2O/c1-3-4-9(11)10(13)7(2)12-8-5-6-8/h8-10,12-13H,2-6,11H2,1H3/t9-,10?/m0/s1. The Balaban J connectivity index is 2.26. The van der Waals surface area contributed by atoms with E-state index < -0.39 is 6.10 Å². The van der Waals surface area contributed by atoms with Gasteiger partial charge in [0.15, 0.2) is 0 Å². The summed E-state index contributed by atoms with van der Waals surface area (Å²) in [5.41, 5.74) is 6.46. The van der Waals surface area contributed by atoms with Crippen LogP contribution in [0, 0.1) is 0 Å². The normalized spacial score (nSPS) is 20.8. The molecule has 2 atom stereocenters. The first kappa shape index (κ1) is 10.5. The molecular formula is C10H20N2O. The van der Waals surface area contributed by atoms with Gasteiger partial charge in [-0.2, -0.15) is 0 Å². The van der Waals surface area contributed by atoms with Gasteiger partial charge < -0.3 is 16.2 Å². The highest BCUT2D eigenvalue weighted by molar-refractivity contribution is 5.06. The van der Waals surface area contributed by atoms with E-state index in [4.69, 9.17) is 5.73 Å². The molecule has 0 aromatic rings. The van der Waals surface area contributed by atoms with Gasteiger partial charge in [0.1, 0.15) is 6.10 Å². The van der Waals surface area contributed by atoms with Crippen molar-refractivity contribution in [3.63, 3.8) is 0 Å². The first-order valence-corrected chi connectivity index (χ1v) is 5.04. The molecule has 76 valence electrons. The summed E-state index contributed by atoms with van der Waals surface area (Å²) in [6, 6.07) is 0.361. The lowest BCUT2D eigenvalue weighted by Gasteiger charge is -2.21. The molecule has 3 nitrogen and oxygen atoms in total. The molecule has 1 saturated carbocycles. The third kappa shape index (κ3) is 3.36. The van der Waals surface area contributed by atoms with Crippen LogP contribution in [0.25, 0.3) is 0 Å². The van der Waals surface area contributed by atoms with E-state index in [1.807, 2.05) is 0 Å². The van der Waals surface area contributed by atoms with Crippen LogP contribution in [0.4, 0.5) is 0 Å². The highest BCUT2D eigenvalue weighted by atomic mass is 16.3. The Bertz CT molecular complexity index is 178. The molecule has 0 spiro atoms. The average Bonchev–Trinajstić information content (AvgIpc) is 2.87. The molecule has 0 heterocycles. The molecule has 13 heavy (non-hydrogen) atoms. The fourth-order valence-corrected chi connectivity index (χ4v) is 1.32. The minimum Gasteiger partial charge on any atom is -0.385 e. The second-order valence-electron chi connectivity index (χ2n) is 3.84. The number of aliphatic hydroxyl groups is 1. The van der Waals surface area contributed by atoms with Crippen LogP contribution in [-0.2, 0) is 0 Å². The molecule has 4 N–H and O–H groups in total. The smallest absolute Gasteiger partial charge is 0.108 e. The van der Waals surface area contributed by atoms with Crippen LogP contribution in [-0.4, -0.2) is 23.3 Å². The first-order valence-electron chi connectivity index (χ1n) is 5.04. The SMILES string of the molecule is C=C(NC1CC1)C(O)[C@@H](N)CCC. The number of hydrogen-bond donors (Lipinski definition) is 3. The van der Waals surface area contributed by atoms with E-state index in [1.165, 1.54) is 12.8 Å². The van der Waals surface area contributed by atoms with E-state index in [9.17, 15) is 5.11 Å². The zero-order chi connectivity index (χ0) is 9.84. The zero-order valence-electron chi connectivity index (χ0n) is 8.29. The van der Waals surface area contributed by atoms with E-state index in [-0.39, 0.29) is 6.04 Å². The summed E-state index contributed by atoms with van der Waals surface area (Å²) >= 11 is 0. The third-order valence-corrected chi connectivity index (χ3v) is 2.35. The van der Waals surface area contributed by atoms with Crippen LogP contribution in [0.15, 0.2) is 12.3 Å². The van der Waals surface area contributed by atoms with Crippen molar-refractivity contribution in [3.8, 4) is 0 Å². The molecular weight excluding hydrogens is 164 g/mol. The molecule has 1 fully saturated rings. The van der Waals surface area contributed by atoms with E-state index in [0.29, 0.717) is 11.7 Å². The molecule has 0 radical (unpaired) electrons. The fourth-order valence-electron chi connectivity index (χ4n) is 1.32. The Morgan fingerprint density at radius 3 is 2.77 bits per heavy atom. The van der Waals surface area contributed by atoms with Gasteiger partial charge in [-0.05, 0) is 19.3 Å². The van der Waals surface area contributed by atoms with Crippen molar-refractivity contribution < 1.29 is 5.11 Å². The van der Waals surface area contributed by atoms with Gasteiger partial charge >= 0.3 is 0 Å². The van der Waals surface area contributed by atoms with Crippen molar-refractivity contribution in [3.05, 3.63) is 12.3 Å². The van der Waals surface area contributed by atoms with Crippen molar-refractivity contribution in [2.24, 2.45) is 5.73 Å². The zero-order valence-corrected chi connectivity index (χ0v) is 8.29. The molecule has 0 aromatic heterocycles. The van der Waals surface area contributed by atoms with Crippen molar-refractivity contribution in [1.29, 1.82) is 0 Å². The predicted octanol–water partition coefficient (Wildman–Crippen LogP) is 0.740. The highest BCUT2D eigenvalue weighted by Gasteiger charge is 2.25. The lowest BCUT2D eigenvalue weighted by Crippen LogP contribution is -2.40. The molecule has 1 unspecified atom stereocenters. The van der Waals surface area contributed by atoms with E-state index in [0.717, 1.165) is 12.8 Å². The minimum atomic E-state index is -0.597. The highest BCUT2D eigenvalue weighted by Crippen LogP contribution is 2.21. The Kier molecular flexibility index (Phi) is 3.75. The molecule has 0 bridgehead atoms. The third-order valence-electron chi connectivity index (χ3n) is 2.35. The van der Waals surface area contributed by atoms with E-state index in [2.05, 4.69) is 18.8 Å². The lowest BCUT2D eigenvalue weighted by molar-refractivity contribution is 0.166. The number of nitrogens with two attached hydrogens (primary N) is 1. The van der Waals surface area contributed by atoms with Crippen LogP contribution in [0.1, 0.15) is 32.6 Å². The molecule has 1 aliphatic carbocycles. The van der Waals surface area contributed by atoms with Crippen molar-refractivity contribution in [1.82, 2.24) is 5.32 Å². The van der Waals surface area contributed by atoms with Crippen LogP contribution in [0.5, 0.6) is 0 Å². The quantitative estimate of drug-likeness (QED) is 0.570. The second-order valence-corrected chi connectivity index (χ2v) is 3.84. The van der Waals surface area contributed by atoms with Gasteiger partial charge in [0.05, 0.1) is 0 Å². The minimum absolute atomic E-state index is 0.177. The maximum atomic E-state index is 9.71. The summed E-state index contributed by atoms with van der Waals surface area (Å²) in [7, 11) is 0. The average molecular weight is 184 g/mol. The summed E-state index contributed by atoms with van der Waals surface area (Å²) in [4.78, 5) is 0.